The molecule has 1 heterocycles. The topological polar surface area (TPSA) is 63.7 Å². The Morgan fingerprint density at radius 2 is 1.64 bits per heavy atom. The SMILES string of the molecule is O=C(CN1C(=O)c2ccccc2C1=O)Oc1cccc(F)c1. The molecule has 1 aliphatic heterocycles. The van der Waals surface area contributed by atoms with Crippen LogP contribution in [0.4, 0.5) is 4.39 Å². The third-order valence-corrected chi connectivity index (χ3v) is 3.19. The number of rotatable bonds is 3. The fraction of sp³-hybridized carbons (Fsp3) is 0.0625. The van der Waals surface area contributed by atoms with Crippen LogP contribution >= 0.6 is 0 Å². The Kier molecular flexibility index (Phi) is 3.42. The van der Waals surface area contributed by atoms with E-state index >= 15 is 0 Å². The maximum atomic E-state index is 13.0. The van der Waals surface area contributed by atoms with Crippen molar-refractivity contribution in [1.82, 2.24) is 4.90 Å². The number of amides is 2. The zero-order chi connectivity index (χ0) is 15.7. The fourth-order valence-electron chi connectivity index (χ4n) is 2.21. The van der Waals surface area contributed by atoms with Crippen LogP contribution in [0.25, 0.3) is 0 Å². The fourth-order valence-corrected chi connectivity index (χ4v) is 2.21. The lowest BCUT2D eigenvalue weighted by Gasteiger charge is -2.12. The van der Waals surface area contributed by atoms with Gasteiger partial charge in [0.15, 0.2) is 0 Å². The van der Waals surface area contributed by atoms with Crippen LogP contribution in [-0.2, 0) is 4.79 Å². The van der Waals surface area contributed by atoms with Gasteiger partial charge in [0, 0.05) is 6.07 Å². The minimum Gasteiger partial charge on any atom is -0.425 e. The molecule has 0 fully saturated rings. The van der Waals surface area contributed by atoms with Crippen LogP contribution in [0.5, 0.6) is 5.75 Å². The summed E-state index contributed by atoms with van der Waals surface area (Å²) < 4.78 is 17.9. The molecule has 5 nitrogen and oxygen atoms in total. The Bertz CT molecular complexity index is 752. The maximum Gasteiger partial charge on any atom is 0.331 e. The third kappa shape index (κ3) is 2.46. The quantitative estimate of drug-likeness (QED) is 0.494. The van der Waals surface area contributed by atoms with Crippen LogP contribution in [0.15, 0.2) is 48.5 Å². The molecule has 6 heteroatoms. The van der Waals surface area contributed by atoms with E-state index in [4.69, 9.17) is 4.74 Å². The second-order valence-electron chi connectivity index (χ2n) is 4.67. The number of ether oxygens (including phenoxy) is 1. The second-order valence-corrected chi connectivity index (χ2v) is 4.67. The molecule has 0 spiro atoms. The number of carbonyl (C=O) groups excluding carboxylic acids is 3. The highest BCUT2D eigenvalue weighted by Crippen LogP contribution is 2.22. The summed E-state index contributed by atoms with van der Waals surface area (Å²) in [5, 5.41) is 0. The molecular weight excluding hydrogens is 289 g/mol. The molecule has 2 aromatic carbocycles. The summed E-state index contributed by atoms with van der Waals surface area (Å²) in [6.45, 7) is -0.525. The lowest BCUT2D eigenvalue weighted by atomic mass is 10.1. The van der Waals surface area contributed by atoms with Crippen molar-refractivity contribution in [3.63, 3.8) is 0 Å². The molecule has 110 valence electrons. The standard InChI is InChI=1S/C16H10FNO4/c17-10-4-3-5-11(8-10)22-14(19)9-18-15(20)12-6-1-2-7-13(12)16(18)21/h1-8H,9H2. The van der Waals surface area contributed by atoms with Gasteiger partial charge in [0.05, 0.1) is 11.1 Å². The van der Waals surface area contributed by atoms with E-state index in [1.165, 1.54) is 30.3 Å². The zero-order valence-corrected chi connectivity index (χ0v) is 11.3. The number of carbonyl (C=O) groups is 3. The molecule has 2 amide bonds. The number of hydrogen-bond acceptors (Lipinski definition) is 4. The van der Waals surface area contributed by atoms with E-state index in [2.05, 4.69) is 0 Å². The first-order valence-corrected chi connectivity index (χ1v) is 6.48. The zero-order valence-electron chi connectivity index (χ0n) is 11.3. The van der Waals surface area contributed by atoms with Gasteiger partial charge in [0.25, 0.3) is 11.8 Å². The average molecular weight is 299 g/mol. The average Bonchev–Trinajstić information content (AvgIpc) is 2.73. The van der Waals surface area contributed by atoms with Gasteiger partial charge in [-0.1, -0.05) is 18.2 Å². The van der Waals surface area contributed by atoms with Crippen LogP contribution < -0.4 is 4.74 Å². The van der Waals surface area contributed by atoms with E-state index in [0.717, 1.165) is 11.0 Å². The molecule has 0 aromatic heterocycles. The molecule has 0 aliphatic carbocycles. The van der Waals surface area contributed by atoms with Crippen LogP contribution in [0.1, 0.15) is 20.7 Å². The van der Waals surface area contributed by atoms with E-state index in [1.54, 1.807) is 12.1 Å². The Hall–Kier alpha value is -3.02. The number of esters is 1. The summed E-state index contributed by atoms with van der Waals surface area (Å²) in [4.78, 5) is 36.8. The first kappa shape index (κ1) is 13.9. The number of hydrogen-bond donors (Lipinski definition) is 0. The van der Waals surface area contributed by atoms with Gasteiger partial charge in [-0.2, -0.15) is 0 Å². The Labute approximate surface area is 124 Å². The van der Waals surface area contributed by atoms with Crippen LogP contribution in [0.2, 0.25) is 0 Å². The van der Waals surface area contributed by atoms with Crippen LogP contribution in [0, 0.1) is 5.82 Å². The molecule has 3 rings (SSSR count). The molecule has 0 radical (unpaired) electrons. The van der Waals surface area contributed by atoms with Gasteiger partial charge in [0.1, 0.15) is 18.1 Å². The Morgan fingerprint density at radius 1 is 1.00 bits per heavy atom. The summed E-state index contributed by atoms with van der Waals surface area (Å²) in [7, 11) is 0. The van der Waals surface area contributed by atoms with Crippen molar-refractivity contribution in [1.29, 1.82) is 0 Å². The molecule has 0 saturated carbocycles. The number of fused-ring (bicyclic) bond motifs is 1. The van der Waals surface area contributed by atoms with Crippen LogP contribution in [-0.4, -0.2) is 29.2 Å². The van der Waals surface area contributed by atoms with E-state index in [1.807, 2.05) is 0 Å². The van der Waals surface area contributed by atoms with Gasteiger partial charge in [-0.3, -0.25) is 14.5 Å². The van der Waals surface area contributed by atoms with Crippen molar-refractivity contribution in [2.75, 3.05) is 6.54 Å². The van der Waals surface area contributed by atoms with E-state index in [0.29, 0.717) is 0 Å². The van der Waals surface area contributed by atoms with Gasteiger partial charge >= 0.3 is 5.97 Å². The number of imide groups is 1. The smallest absolute Gasteiger partial charge is 0.331 e. The largest absolute Gasteiger partial charge is 0.425 e. The van der Waals surface area contributed by atoms with E-state index in [-0.39, 0.29) is 16.9 Å². The van der Waals surface area contributed by atoms with Crippen molar-refractivity contribution in [3.8, 4) is 5.75 Å². The van der Waals surface area contributed by atoms with E-state index in [9.17, 15) is 18.8 Å². The normalized spacial score (nSPS) is 13.2. The molecule has 0 atom stereocenters. The molecule has 22 heavy (non-hydrogen) atoms. The summed E-state index contributed by atoms with van der Waals surface area (Å²) >= 11 is 0. The minimum absolute atomic E-state index is 0.0154. The van der Waals surface area contributed by atoms with Gasteiger partial charge in [-0.25, -0.2) is 9.18 Å². The van der Waals surface area contributed by atoms with Gasteiger partial charge < -0.3 is 4.74 Å². The molecule has 0 bridgehead atoms. The lowest BCUT2D eigenvalue weighted by molar-refractivity contribution is -0.134. The third-order valence-electron chi connectivity index (χ3n) is 3.19. The molecule has 2 aromatic rings. The predicted octanol–water partition coefficient (Wildman–Crippen LogP) is 2.03. The van der Waals surface area contributed by atoms with Gasteiger partial charge in [-0.05, 0) is 24.3 Å². The highest BCUT2D eigenvalue weighted by molar-refractivity contribution is 6.22. The summed E-state index contributed by atoms with van der Waals surface area (Å²) in [6, 6.07) is 11.4. The first-order chi connectivity index (χ1) is 10.6. The van der Waals surface area contributed by atoms with Gasteiger partial charge in [-0.15, -0.1) is 0 Å². The van der Waals surface area contributed by atoms with Gasteiger partial charge in [0.2, 0.25) is 0 Å². The molecule has 0 unspecified atom stereocenters. The summed E-state index contributed by atoms with van der Waals surface area (Å²) in [6.07, 6.45) is 0. The maximum absolute atomic E-state index is 13.0. The summed E-state index contributed by atoms with van der Waals surface area (Å²) in [5.41, 5.74) is 0.511. The van der Waals surface area contributed by atoms with Crippen molar-refractivity contribution in [2.24, 2.45) is 0 Å². The Morgan fingerprint density at radius 3 is 2.23 bits per heavy atom. The van der Waals surface area contributed by atoms with Crippen molar-refractivity contribution < 1.29 is 23.5 Å². The monoisotopic (exact) mass is 299 g/mol. The number of nitrogens with zero attached hydrogens (tertiary/aromatic N) is 1. The minimum atomic E-state index is -0.819. The molecular formula is C16H10FNO4. The van der Waals surface area contributed by atoms with Crippen molar-refractivity contribution in [3.05, 3.63) is 65.5 Å². The second kappa shape index (κ2) is 5.40. The number of halogens is 1. The molecule has 0 N–H and O–H groups in total. The molecule has 1 aliphatic rings. The predicted molar refractivity (Wildman–Crippen MR) is 73.8 cm³/mol. The van der Waals surface area contributed by atoms with Crippen LogP contribution in [0.3, 0.4) is 0 Å². The van der Waals surface area contributed by atoms with E-state index < -0.39 is 30.1 Å². The highest BCUT2D eigenvalue weighted by Gasteiger charge is 2.36. The first-order valence-electron chi connectivity index (χ1n) is 6.48. The lowest BCUT2D eigenvalue weighted by Crippen LogP contribution is -2.36. The highest BCUT2D eigenvalue weighted by atomic mass is 19.1. The Balaban J connectivity index is 1.73. The van der Waals surface area contributed by atoms with Crippen molar-refractivity contribution in [2.45, 2.75) is 0 Å². The summed E-state index contributed by atoms with van der Waals surface area (Å²) in [5.74, 6) is -2.44. The molecule has 0 saturated heterocycles. The number of benzene rings is 2. The van der Waals surface area contributed by atoms with Crippen molar-refractivity contribution >= 4 is 17.8 Å².